The predicted octanol–water partition coefficient (Wildman–Crippen LogP) is 3.56. The van der Waals surface area contributed by atoms with Gasteiger partial charge in [-0.3, -0.25) is 9.59 Å². The van der Waals surface area contributed by atoms with Crippen molar-refractivity contribution in [3.8, 4) is 0 Å². The fourth-order valence-electron chi connectivity index (χ4n) is 3.24. The summed E-state index contributed by atoms with van der Waals surface area (Å²) < 4.78 is 0. The lowest BCUT2D eigenvalue weighted by molar-refractivity contribution is -0.120. The summed E-state index contributed by atoms with van der Waals surface area (Å²) in [5, 5.41) is 6.01. The highest BCUT2D eigenvalue weighted by atomic mass is 32.1. The van der Waals surface area contributed by atoms with Crippen molar-refractivity contribution < 1.29 is 9.59 Å². The van der Waals surface area contributed by atoms with Crippen LogP contribution < -0.4 is 10.6 Å². The number of carbonyl (C=O) groups is 2. The van der Waals surface area contributed by atoms with Gasteiger partial charge in [0.05, 0.1) is 0 Å². The Balaban J connectivity index is 1.91. The molecule has 136 valence electrons. The number of nitrogens with zero attached hydrogens (tertiary/aromatic N) is 1. The molecule has 1 aromatic rings. The van der Waals surface area contributed by atoms with E-state index in [1.807, 2.05) is 26.0 Å². The van der Waals surface area contributed by atoms with E-state index in [1.54, 1.807) is 17.0 Å². The molecule has 1 saturated carbocycles. The Bertz CT molecular complexity index is 623. The predicted molar refractivity (Wildman–Crippen MR) is 105 cm³/mol. The largest absolute Gasteiger partial charge is 0.339 e. The third kappa shape index (κ3) is 5.81. The molecule has 0 heterocycles. The Morgan fingerprint density at radius 1 is 1.20 bits per heavy atom. The van der Waals surface area contributed by atoms with Crippen LogP contribution in [0, 0.1) is 5.92 Å². The fraction of sp³-hybridized carbons (Fsp3) is 0.526. The molecular formula is C19H27N3O2S. The summed E-state index contributed by atoms with van der Waals surface area (Å²) in [6.07, 6.45) is 5.22. The van der Waals surface area contributed by atoms with E-state index in [0.29, 0.717) is 36.7 Å². The first kappa shape index (κ1) is 19.4. The van der Waals surface area contributed by atoms with E-state index in [1.165, 1.54) is 12.8 Å². The second kappa shape index (κ2) is 9.51. The van der Waals surface area contributed by atoms with E-state index in [0.717, 1.165) is 12.8 Å². The topological polar surface area (TPSA) is 61.4 Å². The van der Waals surface area contributed by atoms with E-state index in [-0.39, 0.29) is 16.9 Å². The van der Waals surface area contributed by atoms with E-state index in [4.69, 9.17) is 12.2 Å². The second-order valence-corrected chi connectivity index (χ2v) is 6.82. The number of nitrogens with one attached hydrogen (secondary N) is 2. The molecule has 0 aliphatic heterocycles. The number of carbonyl (C=O) groups excluding carboxylic acids is 2. The van der Waals surface area contributed by atoms with Gasteiger partial charge in [0.2, 0.25) is 5.91 Å². The molecule has 1 aliphatic rings. The van der Waals surface area contributed by atoms with Crippen LogP contribution in [-0.4, -0.2) is 34.9 Å². The smallest absolute Gasteiger partial charge is 0.253 e. The lowest BCUT2D eigenvalue weighted by Crippen LogP contribution is -2.35. The molecule has 0 unspecified atom stereocenters. The van der Waals surface area contributed by atoms with Gasteiger partial charge in [0, 0.05) is 30.8 Å². The van der Waals surface area contributed by atoms with Crippen molar-refractivity contribution in [3.05, 3.63) is 29.8 Å². The van der Waals surface area contributed by atoms with E-state index >= 15 is 0 Å². The summed E-state index contributed by atoms with van der Waals surface area (Å²) in [5.74, 6) is 0.433. The van der Waals surface area contributed by atoms with E-state index < -0.39 is 0 Å². The van der Waals surface area contributed by atoms with Crippen LogP contribution in [0.15, 0.2) is 24.3 Å². The van der Waals surface area contributed by atoms with Gasteiger partial charge in [0.25, 0.3) is 5.91 Å². The van der Waals surface area contributed by atoms with Gasteiger partial charge in [0.15, 0.2) is 5.11 Å². The molecule has 1 aromatic carbocycles. The quantitative estimate of drug-likeness (QED) is 0.761. The maximum absolute atomic E-state index is 12.4. The highest BCUT2D eigenvalue weighted by Gasteiger charge is 2.19. The average Bonchev–Trinajstić information content (AvgIpc) is 3.08. The molecule has 2 N–H and O–H groups in total. The molecular weight excluding hydrogens is 334 g/mol. The van der Waals surface area contributed by atoms with Gasteiger partial charge in [-0.1, -0.05) is 18.9 Å². The van der Waals surface area contributed by atoms with Crippen LogP contribution in [0.1, 0.15) is 56.3 Å². The Morgan fingerprint density at radius 3 is 2.52 bits per heavy atom. The van der Waals surface area contributed by atoms with E-state index in [9.17, 15) is 9.59 Å². The van der Waals surface area contributed by atoms with Gasteiger partial charge in [-0.2, -0.15) is 0 Å². The number of benzene rings is 1. The molecule has 0 aromatic heterocycles. The number of thiocarbonyl (C=S) groups is 1. The number of rotatable bonds is 6. The number of amides is 2. The van der Waals surface area contributed by atoms with Gasteiger partial charge in [-0.25, -0.2) is 0 Å². The molecule has 0 atom stereocenters. The van der Waals surface area contributed by atoms with Crippen molar-refractivity contribution in [1.82, 2.24) is 10.2 Å². The lowest BCUT2D eigenvalue weighted by Gasteiger charge is -2.19. The Kier molecular flexibility index (Phi) is 7.37. The lowest BCUT2D eigenvalue weighted by atomic mass is 10.0. The molecule has 5 nitrogen and oxygen atoms in total. The summed E-state index contributed by atoms with van der Waals surface area (Å²) in [6.45, 7) is 5.25. The normalized spacial score (nSPS) is 14.2. The van der Waals surface area contributed by atoms with Crippen LogP contribution in [-0.2, 0) is 4.79 Å². The Morgan fingerprint density at radius 2 is 1.88 bits per heavy atom. The van der Waals surface area contributed by atoms with Gasteiger partial charge >= 0.3 is 0 Å². The zero-order valence-corrected chi connectivity index (χ0v) is 15.8. The molecule has 0 bridgehead atoms. The molecule has 0 saturated heterocycles. The molecule has 1 fully saturated rings. The summed E-state index contributed by atoms with van der Waals surface area (Å²) in [4.78, 5) is 26.2. The Labute approximate surface area is 155 Å². The minimum atomic E-state index is -0.0419. The fourth-order valence-corrected chi connectivity index (χ4v) is 3.47. The average molecular weight is 362 g/mol. The summed E-state index contributed by atoms with van der Waals surface area (Å²) in [7, 11) is 0. The molecule has 2 rings (SSSR count). The number of anilines is 1. The molecule has 6 heteroatoms. The molecule has 2 amide bonds. The second-order valence-electron chi connectivity index (χ2n) is 6.42. The van der Waals surface area contributed by atoms with Gasteiger partial charge < -0.3 is 15.5 Å². The monoisotopic (exact) mass is 361 g/mol. The molecule has 25 heavy (non-hydrogen) atoms. The SMILES string of the molecule is CCN(CC)C(=O)c1cccc(NC(=S)NC(=O)CC2CCCC2)c1. The zero-order valence-electron chi connectivity index (χ0n) is 15.0. The van der Waals surface area contributed by atoms with Crippen LogP contribution >= 0.6 is 12.2 Å². The van der Waals surface area contributed by atoms with Crippen molar-refractivity contribution in [3.63, 3.8) is 0 Å². The summed E-state index contributed by atoms with van der Waals surface area (Å²) >= 11 is 5.22. The third-order valence-electron chi connectivity index (χ3n) is 4.62. The highest BCUT2D eigenvalue weighted by Crippen LogP contribution is 2.27. The van der Waals surface area contributed by atoms with Crippen LogP contribution in [0.4, 0.5) is 5.69 Å². The summed E-state index contributed by atoms with van der Waals surface area (Å²) in [5.41, 5.74) is 1.30. The standard InChI is InChI=1S/C19H27N3O2S/c1-3-22(4-2)18(24)15-10-7-11-16(13-15)20-19(25)21-17(23)12-14-8-5-6-9-14/h7,10-11,13-14H,3-6,8-9,12H2,1-2H3,(H2,20,21,23,25). The van der Waals surface area contributed by atoms with Crippen molar-refractivity contribution in [1.29, 1.82) is 0 Å². The minimum Gasteiger partial charge on any atom is -0.339 e. The van der Waals surface area contributed by atoms with Crippen molar-refractivity contribution in [2.24, 2.45) is 5.92 Å². The van der Waals surface area contributed by atoms with Crippen LogP contribution in [0.3, 0.4) is 0 Å². The van der Waals surface area contributed by atoms with Crippen LogP contribution in [0.5, 0.6) is 0 Å². The van der Waals surface area contributed by atoms with Crippen LogP contribution in [0.25, 0.3) is 0 Å². The first-order valence-corrected chi connectivity index (χ1v) is 9.44. The zero-order chi connectivity index (χ0) is 18.2. The minimum absolute atomic E-state index is 0.00941. The first-order chi connectivity index (χ1) is 12.0. The van der Waals surface area contributed by atoms with Crippen molar-refractivity contribution in [2.45, 2.75) is 46.0 Å². The van der Waals surface area contributed by atoms with Gasteiger partial charge in [-0.15, -0.1) is 0 Å². The maximum atomic E-state index is 12.4. The maximum Gasteiger partial charge on any atom is 0.253 e. The third-order valence-corrected chi connectivity index (χ3v) is 4.82. The first-order valence-electron chi connectivity index (χ1n) is 9.03. The highest BCUT2D eigenvalue weighted by molar-refractivity contribution is 7.80. The van der Waals surface area contributed by atoms with Gasteiger partial charge in [0.1, 0.15) is 0 Å². The number of hydrogen-bond acceptors (Lipinski definition) is 3. The van der Waals surface area contributed by atoms with E-state index in [2.05, 4.69) is 10.6 Å². The molecule has 0 radical (unpaired) electrons. The molecule has 1 aliphatic carbocycles. The van der Waals surface area contributed by atoms with Crippen LogP contribution in [0.2, 0.25) is 0 Å². The van der Waals surface area contributed by atoms with Gasteiger partial charge in [-0.05, 0) is 63.0 Å². The van der Waals surface area contributed by atoms with Crippen molar-refractivity contribution in [2.75, 3.05) is 18.4 Å². The van der Waals surface area contributed by atoms with Crippen molar-refractivity contribution >= 4 is 34.8 Å². The summed E-state index contributed by atoms with van der Waals surface area (Å²) in [6, 6.07) is 7.18. The number of hydrogen-bond donors (Lipinski definition) is 2. The Hall–Kier alpha value is -1.95. The molecule has 0 spiro atoms.